The number of hydrogen-bond acceptors (Lipinski definition) is 6. The maximum Gasteiger partial charge on any atom is 0.257 e. The van der Waals surface area contributed by atoms with E-state index < -0.39 is 0 Å². The summed E-state index contributed by atoms with van der Waals surface area (Å²) < 4.78 is 5.34. The van der Waals surface area contributed by atoms with Gasteiger partial charge in [0, 0.05) is 17.3 Å². The number of aryl methyl sites for hydroxylation is 2. The molecule has 0 amide bonds. The van der Waals surface area contributed by atoms with Crippen LogP contribution >= 0.6 is 0 Å². The minimum atomic E-state index is -0.116. The number of rotatable bonds is 5. The van der Waals surface area contributed by atoms with Crippen molar-refractivity contribution in [3.05, 3.63) is 53.7 Å². The van der Waals surface area contributed by atoms with Crippen LogP contribution in [0.15, 0.2) is 40.9 Å². The summed E-state index contributed by atoms with van der Waals surface area (Å²) in [6.45, 7) is 5.93. The molecule has 1 aromatic carbocycles. The third-order valence-electron chi connectivity index (χ3n) is 3.47. The molecule has 3 rings (SSSR count). The lowest BCUT2D eigenvalue weighted by molar-refractivity contribution is 0.419. The highest BCUT2D eigenvalue weighted by molar-refractivity contribution is 5.52. The minimum Gasteiger partial charge on any atom is -0.360 e. The van der Waals surface area contributed by atoms with E-state index in [9.17, 15) is 0 Å². The van der Waals surface area contributed by atoms with Gasteiger partial charge in [0.15, 0.2) is 5.82 Å². The normalized spacial score (nSPS) is 12.1. The Morgan fingerprint density at radius 3 is 2.65 bits per heavy atom. The van der Waals surface area contributed by atoms with Crippen LogP contribution in [0.1, 0.15) is 37.2 Å². The standard InChI is InChI=1S/C17H19N5O/c1-4-14-10-15(20-12(3)19-14)18-11(2)16-21-17(23-22-16)13-8-6-5-7-9-13/h5-11H,4H2,1-3H3,(H,18,19,20). The fourth-order valence-corrected chi connectivity index (χ4v) is 2.28. The highest BCUT2D eigenvalue weighted by Gasteiger charge is 2.15. The Labute approximate surface area is 135 Å². The number of benzene rings is 1. The lowest BCUT2D eigenvalue weighted by Crippen LogP contribution is -2.11. The summed E-state index contributed by atoms with van der Waals surface area (Å²) in [6.07, 6.45) is 0.868. The summed E-state index contributed by atoms with van der Waals surface area (Å²) in [5.41, 5.74) is 1.91. The van der Waals surface area contributed by atoms with E-state index in [1.54, 1.807) is 0 Å². The minimum absolute atomic E-state index is 0.116. The van der Waals surface area contributed by atoms with Crippen molar-refractivity contribution in [1.29, 1.82) is 0 Å². The Morgan fingerprint density at radius 1 is 1.13 bits per heavy atom. The first kappa shape index (κ1) is 15.1. The van der Waals surface area contributed by atoms with Crippen molar-refractivity contribution in [3.8, 4) is 11.5 Å². The highest BCUT2D eigenvalue weighted by Crippen LogP contribution is 2.21. The summed E-state index contributed by atoms with van der Waals surface area (Å²) in [5, 5.41) is 7.36. The van der Waals surface area contributed by atoms with E-state index in [0.717, 1.165) is 29.3 Å². The van der Waals surface area contributed by atoms with Crippen molar-refractivity contribution < 1.29 is 4.52 Å². The van der Waals surface area contributed by atoms with Crippen LogP contribution in [-0.2, 0) is 6.42 Å². The maximum absolute atomic E-state index is 5.34. The van der Waals surface area contributed by atoms with Gasteiger partial charge in [0.05, 0.1) is 6.04 Å². The first-order valence-electron chi connectivity index (χ1n) is 7.66. The van der Waals surface area contributed by atoms with Crippen LogP contribution in [-0.4, -0.2) is 20.1 Å². The molecule has 0 spiro atoms. The van der Waals surface area contributed by atoms with Gasteiger partial charge in [0.1, 0.15) is 11.6 Å². The van der Waals surface area contributed by atoms with Gasteiger partial charge >= 0.3 is 0 Å². The molecular weight excluding hydrogens is 290 g/mol. The van der Waals surface area contributed by atoms with E-state index in [4.69, 9.17) is 4.52 Å². The second-order valence-electron chi connectivity index (χ2n) is 5.34. The molecule has 118 valence electrons. The molecule has 3 aromatic rings. The van der Waals surface area contributed by atoms with Gasteiger partial charge in [-0.3, -0.25) is 0 Å². The zero-order valence-corrected chi connectivity index (χ0v) is 13.4. The van der Waals surface area contributed by atoms with Crippen molar-refractivity contribution in [1.82, 2.24) is 20.1 Å². The monoisotopic (exact) mass is 309 g/mol. The molecule has 0 aliphatic carbocycles. The Balaban J connectivity index is 1.78. The summed E-state index contributed by atoms with van der Waals surface area (Å²) in [5.74, 6) is 2.63. The van der Waals surface area contributed by atoms with E-state index in [2.05, 4.69) is 32.3 Å². The molecule has 1 unspecified atom stereocenters. The van der Waals surface area contributed by atoms with Crippen LogP contribution in [0.5, 0.6) is 0 Å². The lowest BCUT2D eigenvalue weighted by Gasteiger charge is -2.11. The van der Waals surface area contributed by atoms with Crippen molar-refractivity contribution in [2.75, 3.05) is 5.32 Å². The summed E-state index contributed by atoms with van der Waals surface area (Å²) in [7, 11) is 0. The number of aromatic nitrogens is 4. The first-order valence-corrected chi connectivity index (χ1v) is 7.66. The molecule has 0 aliphatic heterocycles. The average Bonchev–Trinajstić information content (AvgIpc) is 3.05. The molecule has 0 aliphatic rings. The predicted molar refractivity (Wildman–Crippen MR) is 87.9 cm³/mol. The predicted octanol–water partition coefficient (Wildman–Crippen LogP) is 3.57. The molecule has 2 aromatic heterocycles. The molecule has 6 heteroatoms. The molecule has 1 atom stereocenters. The van der Waals surface area contributed by atoms with Crippen molar-refractivity contribution >= 4 is 5.82 Å². The Bertz CT molecular complexity index is 785. The van der Waals surface area contributed by atoms with Gasteiger partial charge in [-0.1, -0.05) is 30.3 Å². The van der Waals surface area contributed by atoms with Gasteiger partial charge < -0.3 is 9.84 Å². The molecule has 23 heavy (non-hydrogen) atoms. The molecule has 1 N–H and O–H groups in total. The van der Waals surface area contributed by atoms with Crippen LogP contribution in [0.4, 0.5) is 5.82 Å². The zero-order valence-electron chi connectivity index (χ0n) is 13.4. The van der Waals surface area contributed by atoms with Crippen LogP contribution in [0.2, 0.25) is 0 Å². The summed E-state index contributed by atoms with van der Waals surface area (Å²) >= 11 is 0. The number of hydrogen-bond donors (Lipinski definition) is 1. The van der Waals surface area contributed by atoms with Gasteiger partial charge in [-0.2, -0.15) is 4.98 Å². The van der Waals surface area contributed by atoms with Crippen LogP contribution in [0, 0.1) is 6.92 Å². The van der Waals surface area contributed by atoms with Crippen molar-refractivity contribution in [2.24, 2.45) is 0 Å². The quantitative estimate of drug-likeness (QED) is 0.776. The Hall–Kier alpha value is -2.76. The SMILES string of the molecule is CCc1cc(NC(C)c2noc(-c3ccccc3)n2)nc(C)n1. The number of nitrogens with one attached hydrogen (secondary N) is 1. The van der Waals surface area contributed by atoms with E-state index in [-0.39, 0.29) is 6.04 Å². The van der Waals surface area contributed by atoms with Crippen LogP contribution < -0.4 is 5.32 Å². The topological polar surface area (TPSA) is 76.7 Å². The molecule has 6 nitrogen and oxygen atoms in total. The fourth-order valence-electron chi connectivity index (χ4n) is 2.28. The van der Waals surface area contributed by atoms with Gasteiger partial charge in [-0.15, -0.1) is 0 Å². The van der Waals surface area contributed by atoms with Crippen molar-refractivity contribution in [3.63, 3.8) is 0 Å². The Kier molecular flexibility index (Phi) is 4.32. The van der Waals surface area contributed by atoms with Crippen molar-refractivity contribution in [2.45, 2.75) is 33.2 Å². The van der Waals surface area contributed by atoms with Gasteiger partial charge in [-0.25, -0.2) is 9.97 Å². The number of anilines is 1. The van der Waals surface area contributed by atoms with E-state index in [1.807, 2.05) is 50.2 Å². The van der Waals surface area contributed by atoms with Gasteiger partial charge in [0.2, 0.25) is 0 Å². The molecule has 0 bridgehead atoms. The van der Waals surface area contributed by atoms with E-state index in [0.29, 0.717) is 11.7 Å². The molecule has 0 fully saturated rings. The highest BCUT2D eigenvalue weighted by atomic mass is 16.5. The van der Waals surface area contributed by atoms with E-state index >= 15 is 0 Å². The maximum atomic E-state index is 5.34. The molecule has 0 saturated heterocycles. The molecule has 2 heterocycles. The molecular formula is C17H19N5O. The van der Waals surface area contributed by atoms with Crippen LogP contribution in [0.3, 0.4) is 0 Å². The second-order valence-corrected chi connectivity index (χ2v) is 5.34. The largest absolute Gasteiger partial charge is 0.360 e. The number of nitrogens with zero attached hydrogens (tertiary/aromatic N) is 4. The van der Waals surface area contributed by atoms with E-state index in [1.165, 1.54) is 0 Å². The smallest absolute Gasteiger partial charge is 0.257 e. The first-order chi connectivity index (χ1) is 11.2. The van der Waals surface area contributed by atoms with Gasteiger partial charge in [0.25, 0.3) is 5.89 Å². The molecule has 0 radical (unpaired) electrons. The third-order valence-corrected chi connectivity index (χ3v) is 3.47. The zero-order chi connectivity index (χ0) is 16.2. The fraction of sp³-hybridized carbons (Fsp3) is 0.294. The summed E-state index contributed by atoms with van der Waals surface area (Å²) in [6, 6.07) is 11.5. The van der Waals surface area contributed by atoms with Gasteiger partial charge in [-0.05, 0) is 32.4 Å². The third kappa shape index (κ3) is 3.53. The van der Waals surface area contributed by atoms with Crippen LogP contribution in [0.25, 0.3) is 11.5 Å². The Morgan fingerprint density at radius 2 is 1.91 bits per heavy atom. The molecule has 0 saturated carbocycles. The summed E-state index contributed by atoms with van der Waals surface area (Å²) in [4.78, 5) is 13.2. The average molecular weight is 309 g/mol. The second kappa shape index (κ2) is 6.56. The lowest BCUT2D eigenvalue weighted by atomic mass is 10.2.